The molecule has 0 aliphatic carbocycles. The van der Waals surface area contributed by atoms with Crippen LogP contribution >= 0.6 is 0 Å². The Hall–Kier alpha value is -0.280. The van der Waals surface area contributed by atoms with Crippen LogP contribution in [-0.4, -0.2) is 69.2 Å². The van der Waals surface area contributed by atoms with Gasteiger partial charge in [0.05, 0.1) is 13.2 Å². The molecule has 5 atom stereocenters. The molecule has 7 heteroatoms. The Kier molecular flexibility index (Phi) is 3.57. The van der Waals surface area contributed by atoms with Crippen molar-refractivity contribution in [1.82, 2.24) is 0 Å². The van der Waals surface area contributed by atoms with Gasteiger partial charge in [0.15, 0.2) is 0 Å². The van der Waals surface area contributed by atoms with Crippen molar-refractivity contribution < 1.29 is 33.5 Å². The minimum atomic E-state index is -0.783. The summed E-state index contributed by atoms with van der Waals surface area (Å²) in [5, 5.41) is 10.2. The fourth-order valence-electron chi connectivity index (χ4n) is 2.29. The first kappa shape index (κ1) is 11.8. The highest BCUT2D eigenvalue weighted by Crippen LogP contribution is 2.26. The van der Waals surface area contributed by atoms with Gasteiger partial charge < -0.3 is 33.5 Å². The summed E-state index contributed by atoms with van der Waals surface area (Å²) in [6.07, 6.45) is -2.13. The van der Waals surface area contributed by atoms with Gasteiger partial charge in [0.1, 0.15) is 50.9 Å². The third-order valence-electron chi connectivity index (χ3n) is 3.22. The molecule has 1 N–H and O–H groups in total. The normalized spacial score (nSPS) is 44.3. The van der Waals surface area contributed by atoms with Crippen LogP contribution in [0.25, 0.3) is 0 Å². The molecular weight excluding hydrogens is 232 g/mol. The summed E-state index contributed by atoms with van der Waals surface area (Å²) in [7, 11) is 0. The van der Waals surface area contributed by atoms with E-state index in [4.69, 9.17) is 28.4 Å². The molecule has 3 aliphatic rings. The molecule has 98 valence electrons. The van der Waals surface area contributed by atoms with Crippen LogP contribution in [0.3, 0.4) is 0 Å². The number of aliphatic hydroxyl groups is 1. The lowest BCUT2D eigenvalue weighted by atomic mass is 10.00. The number of aliphatic hydroxyl groups excluding tert-OH is 1. The summed E-state index contributed by atoms with van der Waals surface area (Å²) in [6, 6.07) is 0. The largest absolute Gasteiger partial charge is 0.387 e. The Balaban J connectivity index is 1.63. The summed E-state index contributed by atoms with van der Waals surface area (Å²) < 4.78 is 31.7. The smallest absolute Gasteiger partial charge is 0.148 e. The summed E-state index contributed by atoms with van der Waals surface area (Å²) in [6.45, 7) is 1.45. The molecule has 3 rings (SSSR count). The zero-order valence-corrected chi connectivity index (χ0v) is 9.32. The number of hydrogen-bond acceptors (Lipinski definition) is 7. The van der Waals surface area contributed by atoms with E-state index in [0.717, 1.165) is 0 Å². The lowest BCUT2D eigenvalue weighted by Crippen LogP contribution is -2.48. The molecule has 0 bridgehead atoms. The van der Waals surface area contributed by atoms with E-state index in [-0.39, 0.29) is 38.7 Å². The maximum atomic E-state index is 10.2. The SMILES string of the molecule is O[C@@H]([C@@H]1OCO[C@H]1[C@H]1COCO1)[C@@H]1COCO1. The minimum absolute atomic E-state index is 0.153. The van der Waals surface area contributed by atoms with E-state index in [1.54, 1.807) is 0 Å². The van der Waals surface area contributed by atoms with Crippen molar-refractivity contribution in [2.45, 2.75) is 30.5 Å². The van der Waals surface area contributed by atoms with E-state index >= 15 is 0 Å². The Morgan fingerprint density at radius 2 is 1.71 bits per heavy atom. The number of ether oxygens (including phenoxy) is 6. The first-order chi connectivity index (χ1) is 8.36. The average Bonchev–Trinajstić information content (AvgIpc) is 3.09. The van der Waals surface area contributed by atoms with Crippen LogP contribution in [0.1, 0.15) is 0 Å². The Bertz CT molecular complexity index is 249. The van der Waals surface area contributed by atoms with Gasteiger partial charge in [-0.2, -0.15) is 0 Å². The highest BCUT2D eigenvalue weighted by atomic mass is 16.8. The van der Waals surface area contributed by atoms with E-state index in [9.17, 15) is 5.11 Å². The predicted molar refractivity (Wildman–Crippen MR) is 52.0 cm³/mol. The lowest BCUT2D eigenvalue weighted by Gasteiger charge is -2.27. The highest BCUT2D eigenvalue weighted by molar-refractivity contribution is 4.91. The van der Waals surface area contributed by atoms with Crippen LogP contribution in [0.2, 0.25) is 0 Å². The second-order valence-electron chi connectivity index (χ2n) is 4.26. The number of hydrogen-bond donors (Lipinski definition) is 1. The first-order valence-electron chi connectivity index (χ1n) is 5.66. The third kappa shape index (κ3) is 2.32. The molecule has 3 heterocycles. The van der Waals surface area contributed by atoms with E-state index < -0.39 is 12.2 Å². The lowest BCUT2D eigenvalue weighted by molar-refractivity contribution is -0.0899. The molecule has 7 nitrogen and oxygen atoms in total. The molecule has 3 saturated heterocycles. The molecule has 0 aromatic carbocycles. The van der Waals surface area contributed by atoms with Crippen LogP contribution in [0.4, 0.5) is 0 Å². The van der Waals surface area contributed by atoms with Crippen molar-refractivity contribution in [1.29, 1.82) is 0 Å². The van der Waals surface area contributed by atoms with Gasteiger partial charge in [-0.3, -0.25) is 0 Å². The summed E-state index contributed by atoms with van der Waals surface area (Å²) in [5.74, 6) is 0. The van der Waals surface area contributed by atoms with Gasteiger partial charge in [0.2, 0.25) is 0 Å². The highest BCUT2D eigenvalue weighted by Gasteiger charge is 2.45. The average molecular weight is 248 g/mol. The van der Waals surface area contributed by atoms with Crippen molar-refractivity contribution in [2.24, 2.45) is 0 Å². The van der Waals surface area contributed by atoms with Crippen LogP contribution in [0.5, 0.6) is 0 Å². The first-order valence-corrected chi connectivity index (χ1v) is 5.66. The van der Waals surface area contributed by atoms with Gasteiger partial charge in [-0.15, -0.1) is 0 Å². The van der Waals surface area contributed by atoms with E-state index in [0.29, 0.717) is 13.2 Å². The van der Waals surface area contributed by atoms with E-state index in [1.807, 2.05) is 0 Å². The van der Waals surface area contributed by atoms with Crippen molar-refractivity contribution in [3.63, 3.8) is 0 Å². The maximum Gasteiger partial charge on any atom is 0.148 e. The van der Waals surface area contributed by atoms with E-state index in [1.165, 1.54) is 0 Å². The van der Waals surface area contributed by atoms with Crippen LogP contribution in [-0.2, 0) is 28.4 Å². The molecule has 0 spiro atoms. The monoisotopic (exact) mass is 248 g/mol. The van der Waals surface area contributed by atoms with Crippen LogP contribution in [0, 0.1) is 0 Å². The van der Waals surface area contributed by atoms with Crippen molar-refractivity contribution in [3.8, 4) is 0 Å². The Labute approximate surface area is 98.5 Å². The molecule has 3 fully saturated rings. The number of rotatable bonds is 3. The standard InChI is InChI=1S/C10H16O7/c11-8(6-1-12-3-14-6)10-9(16-5-17-10)7-2-13-4-15-7/h6-11H,1-5H2/t6-,7+,8+,9-,10-/m0/s1. The van der Waals surface area contributed by atoms with E-state index in [2.05, 4.69) is 0 Å². The van der Waals surface area contributed by atoms with Gasteiger partial charge in [-0.1, -0.05) is 0 Å². The molecule has 0 amide bonds. The fourth-order valence-corrected chi connectivity index (χ4v) is 2.29. The Morgan fingerprint density at radius 1 is 0.882 bits per heavy atom. The third-order valence-corrected chi connectivity index (χ3v) is 3.22. The summed E-state index contributed by atoms with van der Waals surface area (Å²) in [5.41, 5.74) is 0. The van der Waals surface area contributed by atoms with Gasteiger partial charge in [-0.05, 0) is 0 Å². The van der Waals surface area contributed by atoms with Gasteiger partial charge in [0.25, 0.3) is 0 Å². The molecule has 3 aliphatic heterocycles. The zero-order valence-electron chi connectivity index (χ0n) is 9.32. The minimum Gasteiger partial charge on any atom is -0.387 e. The summed E-state index contributed by atoms with van der Waals surface area (Å²) >= 11 is 0. The molecule has 0 aromatic rings. The van der Waals surface area contributed by atoms with Gasteiger partial charge in [-0.25, -0.2) is 0 Å². The fraction of sp³-hybridized carbons (Fsp3) is 1.00. The van der Waals surface area contributed by atoms with Gasteiger partial charge >= 0.3 is 0 Å². The summed E-state index contributed by atoms with van der Waals surface area (Å²) in [4.78, 5) is 0. The second-order valence-corrected chi connectivity index (χ2v) is 4.26. The molecule has 0 aromatic heterocycles. The van der Waals surface area contributed by atoms with Crippen LogP contribution < -0.4 is 0 Å². The van der Waals surface area contributed by atoms with Crippen molar-refractivity contribution in [2.75, 3.05) is 33.6 Å². The Morgan fingerprint density at radius 3 is 2.41 bits per heavy atom. The zero-order chi connectivity index (χ0) is 11.7. The molecule has 0 unspecified atom stereocenters. The predicted octanol–water partition coefficient (Wildman–Crippen LogP) is -1.17. The van der Waals surface area contributed by atoms with Crippen molar-refractivity contribution in [3.05, 3.63) is 0 Å². The quantitative estimate of drug-likeness (QED) is 0.674. The maximum absolute atomic E-state index is 10.2. The van der Waals surface area contributed by atoms with Crippen LogP contribution in [0.15, 0.2) is 0 Å². The van der Waals surface area contributed by atoms with Gasteiger partial charge in [0, 0.05) is 0 Å². The molecule has 17 heavy (non-hydrogen) atoms. The topological polar surface area (TPSA) is 75.6 Å². The molecule has 0 saturated carbocycles. The molecular formula is C10H16O7. The molecule has 0 radical (unpaired) electrons. The second kappa shape index (κ2) is 5.15. The van der Waals surface area contributed by atoms with Crippen molar-refractivity contribution >= 4 is 0 Å².